The van der Waals surface area contributed by atoms with Gasteiger partial charge in [-0.25, -0.2) is 9.97 Å². The second kappa shape index (κ2) is 8.82. The van der Waals surface area contributed by atoms with E-state index >= 15 is 0 Å². The van der Waals surface area contributed by atoms with Crippen LogP contribution in [0, 0.1) is 0 Å². The van der Waals surface area contributed by atoms with E-state index in [1.54, 1.807) is 18.2 Å². The standard InChI is InChI=1S/C17H19Cl3N6O/c18-10-4-11(19)6-13(5-10)22-7-14(27)25-12-2-1-3-26(8-12)17-15(20)16(21)23-9-24-17/h4-6,9,12,22H,1-3,7-8H2,(H,25,27)(H2,21,23,24). The maximum Gasteiger partial charge on any atom is 0.239 e. The number of nitrogens with one attached hydrogen (secondary N) is 2. The van der Waals surface area contributed by atoms with Crippen molar-refractivity contribution in [2.24, 2.45) is 0 Å². The average molecular weight is 430 g/mol. The number of piperidine rings is 1. The van der Waals surface area contributed by atoms with Gasteiger partial charge in [-0.3, -0.25) is 4.79 Å². The highest BCUT2D eigenvalue weighted by Crippen LogP contribution is 2.29. The molecule has 1 unspecified atom stereocenters. The Morgan fingerprint density at radius 2 is 1.96 bits per heavy atom. The van der Waals surface area contributed by atoms with Crippen molar-refractivity contribution < 1.29 is 4.79 Å². The number of benzene rings is 1. The van der Waals surface area contributed by atoms with E-state index in [1.165, 1.54) is 6.33 Å². The molecule has 1 aliphatic rings. The molecule has 0 aliphatic carbocycles. The number of nitrogens with two attached hydrogens (primary N) is 1. The van der Waals surface area contributed by atoms with Crippen LogP contribution in [-0.4, -0.2) is 41.6 Å². The molecule has 27 heavy (non-hydrogen) atoms. The van der Waals surface area contributed by atoms with Gasteiger partial charge in [0, 0.05) is 34.9 Å². The molecule has 1 aliphatic heterocycles. The monoisotopic (exact) mass is 428 g/mol. The summed E-state index contributed by atoms with van der Waals surface area (Å²) >= 11 is 18.1. The lowest BCUT2D eigenvalue weighted by Crippen LogP contribution is -2.49. The summed E-state index contributed by atoms with van der Waals surface area (Å²) in [5.74, 6) is 0.721. The van der Waals surface area contributed by atoms with Gasteiger partial charge in [0.15, 0.2) is 5.82 Å². The predicted octanol–water partition coefficient (Wildman–Crippen LogP) is 3.22. The van der Waals surface area contributed by atoms with Crippen LogP contribution in [0.3, 0.4) is 0 Å². The number of halogens is 3. The van der Waals surface area contributed by atoms with Gasteiger partial charge in [-0.1, -0.05) is 34.8 Å². The van der Waals surface area contributed by atoms with E-state index in [0.29, 0.717) is 33.1 Å². The maximum atomic E-state index is 12.3. The number of nitrogens with zero attached hydrogens (tertiary/aromatic N) is 3. The van der Waals surface area contributed by atoms with Crippen LogP contribution in [0.4, 0.5) is 17.3 Å². The van der Waals surface area contributed by atoms with Crippen LogP contribution in [0.2, 0.25) is 15.1 Å². The smallest absolute Gasteiger partial charge is 0.239 e. The number of nitrogen functional groups attached to an aromatic ring is 1. The molecule has 1 aromatic carbocycles. The van der Waals surface area contributed by atoms with Gasteiger partial charge in [-0.05, 0) is 31.0 Å². The lowest BCUT2D eigenvalue weighted by molar-refractivity contribution is -0.120. The Kier molecular flexibility index (Phi) is 6.46. The van der Waals surface area contributed by atoms with E-state index in [1.807, 2.05) is 4.90 Å². The van der Waals surface area contributed by atoms with Crippen LogP contribution in [0.25, 0.3) is 0 Å². The third-order valence-electron chi connectivity index (χ3n) is 4.20. The molecule has 1 fully saturated rings. The summed E-state index contributed by atoms with van der Waals surface area (Å²) < 4.78 is 0. The molecule has 2 heterocycles. The Balaban J connectivity index is 1.55. The summed E-state index contributed by atoms with van der Waals surface area (Å²) in [5.41, 5.74) is 6.44. The molecule has 0 bridgehead atoms. The molecule has 1 atom stereocenters. The number of carbonyl (C=O) groups excluding carboxylic acids is 1. The van der Waals surface area contributed by atoms with E-state index in [-0.39, 0.29) is 24.3 Å². The Morgan fingerprint density at radius 1 is 1.22 bits per heavy atom. The van der Waals surface area contributed by atoms with Gasteiger partial charge in [0.05, 0.1) is 6.54 Å². The van der Waals surface area contributed by atoms with Gasteiger partial charge in [0.2, 0.25) is 5.91 Å². The first-order chi connectivity index (χ1) is 12.9. The van der Waals surface area contributed by atoms with E-state index < -0.39 is 0 Å². The number of amides is 1. The molecule has 1 aromatic heterocycles. The zero-order valence-corrected chi connectivity index (χ0v) is 16.7. The third kappa shape index (κ3) is 5.28. The zero-order chi connectivity index (χ0) is 19.4. The molecule has 1 saturated heterocycles. The van der Waals surface area contributed by atoms with Crippen molar-refractivity contribution in [1.29, 1.82) is 0 Å². The molecule has 0 spiro atoms. The minimum atomic E-state index is -0.119. The molecule has 10 heteroatoms. The highest BCUT2D eigenvalue weighted by molar-refractivity contribution is 6.35. The molecule has 3 rings (SSSR count). The number of aromatic nitrogens is 2. The Morgan fingerprint density at radius 3 is 2.70 bits per heavy atom. The third-order valence-corrected chi connectivity index (χ3v) is 5.00. The fourth-order valence-corrected chi connectivity index (χ4v) is 3.74. The minimum Gasteiger partial charge on any atom is -0.382 e. The van der Waals surface area contributed by atoms with Crippen LogP contribution in [0.5, 0.6) is 0 Å². The maximum absolute atomic E-state index is 12.3. The zero-order valence-electron chi connectivity index (χ0n) is 14.4. The molecule has 0 saturated carbocycles. The van der Waals surface area contributed by atoms with E-state index in [9.17, 15) is 4.79 Å². The van der Waals surface area contributed by atoms with Crippen LogP contribution in [-0.2, 0) is 4.79 Å². The Hall–Kier alpha value is -1.96. The van der Waals surface area contributed by atoms with E-state index in [4.69, 9.17) is 40.5 Å². The van der Waals surface area contributed by atoms with Crippen molar-refractivity contribution in [3.8, 4) is 0 Å². The lowest BCUT2D eigenvalue weighted by atomic mass is 10.1. The summed E-state index contributed by atoms with van der Waals surface area (Å²) in [6.45, 7) is 1.51. The van der Waals surface area contributed by atoms with Crippen molar-refractivity contribution >= 4 is 58.0 Å². The van der Waals surface area contributed by atoms with Crippen molar-refractivity contribution in [2.75, 3.05) is 35.6 Å². The second-order valence-corrected chi connectivity index (χ2v) is 7.51. The fraction of sp³-hybridized carbons (Fsp3) is 0.353. The van der Waals surface area contributed by atoms with E-state index in [0.717, 1.165) is 19.4 Å². The van der Waals surface area contributed by atoms with Crippen molar-refractivity contribution in [3.63, 3.8) is 0 Å². The summed E-state index contributed by atoms with van der Waals surface area (Å²) in [6.07, 6.45) is 3.17. The quantitative estimate of drug-likeness (QED) is 0.675. The highest BCUT2D eigenvalue weighted by Gasteiger charge is 2.24. The molecular weight excluding hydrogens is 411 g/mol. The Bertz CT molecular complexity index is 814. The van der Waals surface area contributed by atoms with Crippen LogP contribution in [0.1, 0.15) is 12.8 Å². The molecule has 1 amide bonds. The van der Waals surface area contributed by atoms with Crippen molar-refractivity contribution in [1.82, 2.24) is 15.3 Å². The number of hydrogen-bond acceptors (Lipinski definition) is 6. The van der Waals surface area contributed by atoms with Crippen molar-refractivity contribution in [3.05, 3.63) is 39.6 Å². The highest BCUT2D eigenvalue weighted by atomic mass is 35.5. The number of anilines is 3. The van der Waals surface area contributed by atoms with Crippen molar-refractivity contribution in [2.45, 2.75) is 18.9 Å². The first kappa shape index (κ1) is 19.8. The Labute approximate surface area is 172 Å². The lowest BCUT2D eigenvalue weighted by Gasteiger charge is -2.34. The van der Waals surface area contributed by atoms with Gasteiger partial charge < -0.3 is 21.3 Å². The molecule has 144 valence electrons. The molecule has 7 nitrogen and oxygen atoms in total. The molecular formula is C17H19Cl3N6O. The second-order valence-electron chi connectivity index (χ2n) is 6.26. The first-order valence-electron chi connectivity index (χ1n) is 8.42. The van der Waals surface area contributed by atoms with Crippen LogP contribution >= 0.6 is 34.8 Å². The summed E-state index contributed by atoms with van der Waals surface area (Å²) in [5, 5.41) is 7.40. The number of rotatable bonds is 5. The average Bonchev–Trinajstić information content (AvgIpc) is 2.62. The van der Waals surface area contributed by atoms with E-state index in [2.05, 4.69) is 20.6 Å². The van der Waals surface area contributed by atoms with Gasteiger partial charge in [-0.15, -0.1) is 0 Å². The summed E-state index contributed by atoms with van der Waals surface area (Å²) in [4.78, 5) is 22.4. The van der Waals surface area contributed by atoms with Gasteiger partial charge in [0.25, 0.3) is 0 Å². The summed E-state index contributed by atoms with van der Waals surface area (Å²) in [7, 11) is 0. The topological polar surface area (TPSA) is 96.2 Å². The molecule has 0 radical (unpaired) electrons. The van der Waals surface area contributed by atoms with Gasteiger partial charge in [-0.2, -0.15) is 0 Å². The molecule has 4 N–H and O–H groups in total. The van der Waals surface area contributed by atoms with Gasteiger partial charge in [0.1, 0.15) is 17.2 Å². The summed E-state index contributed by atoms with van der Waals surface area (Å²) in [6, 6.07) is 5.05. The van der Waals surface area contributed by atoms with Crippen LogP contribution in [0.15, 0.2) is 24.5 Å². The fourth-order valence-electron chi connectivity index (χ4n) is 3.00. The largest absolute Gasteiger partial charge is 0.382 e. The number of carbonyl (C=O) groups is 1. The SMILES string of the molecule is Nc1ncnc(N2CCCC(NC(=O)CNc3cc(Cl)cc(Cl)c3)C2)c1Cl. The van der Waals surface area contributed by atoms with Crippen LogP contribution < -0.4 is 21.3 Å². The molecule has 2 aromatic rings. The predicted molar refractivity (Wildman–Crippen MR) is 110 cm³/mol. The first-order valence-corrected chi connectivity index (χ1v) is 9.56. The van der Waals surface area contributed by atoms with Gasteiger partial charge >= 0.3 is 0 Å². The number of hydrogen-bond donors (Lipinski definition) is 3. The normalized spacial score (nSPS) is 16.9. The minimum absolute atomic E-state index is 0.0109.